The van der Waals surface area contributed by atoms with E-state index in [0.717, 1.165) is 39.5 Å². The first-order valence-electron chi connectivity index (χ1n) is 17.4. The number of nitrogens with one attached hydrogen (secondary N) is 1. The second-order valence-corrected chi connectivity index (χ2v) is 14.4. The molecule has 266 valence electrons. The Morgan fingerprint density at radius 1 is 1.00 bits per heavy atom. The van der Waals surface area contributed by atoms with Gasteiger partial charge in [0, 0.05) is 25.0 Å². The second-order valence-electron chi connectivity index (χ2n) is 14.4. The zero-order chi connectivity index (χ0) is 36.3. The van der Waals surface area contributed by atoms with Gasteiger partial charge in [-0.1, -0.05) is 42.5 Å². The molecule has 0 bridgehead atoms. The molecule has 51 heavy (non-hydrogen) atoms. The Labute approximate surface area is 297 Å². The molecule has 1 N–H and O–H groups in total. The third-order valence-corrected chi connectivity index (χ3v) is 9.43. The number of aromatic amines is 1. The highest BCUT2D eigenvalue weighted by atomic mass is 19.1. The van der Waals surface area contributed by atoms with Crippen molar-refractivity contribution in [1.82, 2.24) is 19.9 Å². The number of aromatic nitrogens is 3. The summed E-state index contributed by atoms with van der Waals surface area (Å²) in [6.07, 6.45) is 2.62. The summed E-state index contributed by atoms with van der Waals surface area (Å²) in [6, 6.07) is 19.3. The summed E-state index contributed by atoms with van der Waals surface area (Å²) < 4.78 is 41.2. The second kappa shape index (κ2) is 15.1. The lowest BCUT2D eigenvalue weighted by Crippen LogP contribution is -2.49. The van der Waals surface area contributed by atoms with E-state index in [1.54, 1.807) is 23.2 Å². The van der Waals surface area contributed by atoms with E-state index in [4.69, 9.17) is 14.5 Å². The van der Waals surface area contributed by atoms with Gasteiger partial charge in [-0.05, 0) is 105 Å². The number of halogens is 2. The van der Waals surface area contributed by atoms with E-state index >= 15 is 4.39 Å². The fraction of sp³-hybridized carbons (Fsp3) is 0.366. The topological polar surface area (TPSA) is 97.4 Å². The van der Waals surface area contributed by atoms with Gasteiger partial charge < -0.3 is 14.5 Å². The van der Waals surface area contributed by atoms with E-state index in [1.807, 2.05) is 77.1 Å². The van der Waals surface area contributed by atoms with Crippen LogP contribution in [0.5, 0.6) is 0 Å². The predicted molar refractivity (Wildman–Crippen MR) is 192 cm³/mol. The minimum atomic E-state index is -0.713. The van der Waals surface area contributed by atoms with Crippen LogP contribution in [0.15, 0.2) is 79.1 Å². The Bertz CT molecular complexity index is 1970. The summed E-state index contributed by atoms with van der Waals surface area (Å²) in [5, 5.41) is 0. The van der Waals surface area contributed by atoms with Gasteiger partial charge in [-0.3, -0.25) is 14.7 Å². The molecule has 0 saturated carbocycles. The molecule has 2 aromatic heterocycles. The number of hydrogen-bond acceptors (Lipinski definition) is 6. The summed E-state index contributed by atoms with van der Waals surface area (Å²) >= 11 is 0. The van der Waals surface area contributed by atoms with Crippen LogP contribution in [-0.2, 0) is 27.1 Å². The Balaban J connectivity index is 1.17. The molecular weight excluding hydrogens is 650 g/mol. The van der Waals surface area contributed by atoms with Crippen LogP contribution in [0.3, 0.4) is 0 Å². The summed E-state index contributed by atoms with van der Waals surface area (Å²) in [4.78, 5) is 41.0. The minimum absolute atomic E-state index is 0.00669. The molecule has 3 aromatic carbocycles. The summed E-state index contributed by atoms with van der Waals surface area (Å²) in [6.45, 7) is 9.93. The van der Waals surface area contributed by atoms with Gasteiger partial charge in [0.25, 0.3) is 0 Å². The first kappa shape index (κ1) is 35.9. The van der Waals surface area contributed by atoms with Gasteiger partial charge in [-0.25, -0.2) is 18.6 Å². The maximum Gasteiger partial charge on any atom is 0.411 e. The zero-order valence-corrected chi connectivity index (χ0v) is 29.7. The molecule has 0 aliphatic carbocycles. The summed E-state index contributed by atoms with van der Waals surface area (Å²) in [7, 11) is 0. The average Bonchev–Trinajstić information content (AvgIpc) is 3.49. The maximum atomic E-state index is 15.4. The molecule has 0 spiro atoms. The number of amides is 1. The van der Waals surface area contributed by atoms with Crippen LogP contribution < -0.4 is 0 Å². The molecule has 5 aromatic rings. The number of ketones is 1. The number of rotatable bonds is 10. The van der Waals surface area contributed by atoms with Crippen molar-refractivity contribution in [2.24, 2.45) is 0 Å². The van der Waals surface area contributed by atoms with Crippen molar-refractivity contribution in [2.75, 3.05) is 13.2 Å². The highest BCUT2D eigenvalue weighted by Gasteiger charge is 2.37. The van der Waals surface area contributed by atoms with E-state index in [9.17, 15) is 14.0 Å². The molecule has 10 heteroatoms. The molecule has 3 atom stereocenters. The number of morpholine rings is 1. The molecule has 1 saturated heterocycles. The molecule has 8 nitrogen and oxygen atoms in total. The average molecular weight is 695 g/mol. The van der Waals surface area contributed by atoms with Crippen molar-refractivity contribution in [1.29, 1.82) is 0 Å². The number of ether oxygens (including phenoxy) is 2. The molecule has 3 heterocycles. The Morgan fingerprint density at radius 3 is 2.43 bits per heavy atom. The first-order chi connectivity index (χ1) is 24.3. The summed E-state index contributed by atoms with van der Waals surface area (Å²) in [5.74, 6) is -0.616. The highest BCUT2D eigenvalue weighted by Crippen LogP contribution is 2.32. The van der Waals surface area contributed by atoms with Gasteiger partial charge in [0.2, 0.25) is 0 Å². The number of benzene rings is 3. The van der Waals surface area contributed by atoms with Gasteiger partial charge in [0.15, 0.2) is 0 Å². The van der Waals surface area contributed by atoms with Crippen LogP contribution >= 0.6 is 0 Å². The van der Waals surface area contributed by atoms with E-state index in [2.05, 4.69) is 9.97 Å². The number of H-pyrrole nitrogens is 1. The number of nitrogens with zero attached hydrogens (tertiary/aromatic N) is 3. The van der Waals surface area contributed by atoms with Gasteiger partial charge in [0.05, 0.1) is 36.5 Å². The normalized spacial score (nSPS) is 17.0. The molecule has 1 amide bonds. The monoisotopic (exact) mass is 694 g/mol. The van der Waals surface area contributed by atoms with Gasteiger partial charge >= 0.3 is 6.09 Å². The molecule has 0 unspecified atom stereocenters. The number of carbonyl (C=O) groups is 2. The molecular formula is C41H44F2N4O4. The lowest BCUT2D eigenvalue weighted by Gasteiger charge is -2.39. The highest BCUT2D eigenvalue weighted by molar-refractivity contribution is 5.82. The Hall–Kier alpha value is -4.96. The fourth-order valence-corrected chi connectivity index (χ4v) is 6.65. The largest absolute Gasteiger partial charge is 0.444 e. The number of carbonyl (C=O) groups excluding carboxylic acids is 2. The molecule has 1 aliphatic heterocycles. The Morgan fingerprint density at radius 2 is 1.71 bits per heavy atom. The van der Waals surface area contributed by atoms with E-state index < -0.39 is 29.7 Å². The number of Topliss-reactive ketones (excluding diaryl/α,β-unsaturated/α-hetero) is 1. The van der Waals surface area contributed by atoms with E-state index in [0.29, 0.717) is 23.4 Å². The van der Waals surface area contributed by atoms with Crippen LogP contribution in [0.2, 0.25) is 0 Å². The third-order valence-electron chi connectivity index (χ3n) is 9.43. The minimum Gasteiger partial charge on any atom is -0.444 e. The SMILES string of the molecule is Cc1cc2nc([C@@H]3CO[C@H](CCc4c(F)cncc4CC(=O)C[C@H](c4ccccc4)c4ccc(F)cc4)CN3C(=O)OC(C)(C)C)[nH]c2cc1C. The van der Waals surface area contributed by atoms with Crippen molar-refractivity contribution in [3.63, 3.8) is 0 Å². The fourth-order valence-electron chi connectivity index (χ4n) is 6.65. The van der Waals surface area contributed by atoms with Crippen LogP contribution in [-0.4, -0.2) is 56.6 Å². The van der Waals surface area contributed by atoms with E-state index in [1.165, 1.54) is 12.1 Å². The van der Waals surface area contributed by atoms with Crippen LogP contribution in [0, 0.1) is 25.5 Å². The number of hydrogen-bond donors (Lipinski definition) is 1. The number of aryl methyl sites for hydroxylation is 2. The summed E-state index contributed by atoms with van der Waals surface area (Å²) in [5.41, 5.74) is 5.90. The van der Waals surface area contributed by atoms with Crippen molar-refractivity contribution in [3.8, 4) is 0 Å². The van der Waals surface area contributed by atoms with Crippen molar-refractivity contribution >= 4 is 22.9 Å². The maximum absolute atomic E-state index is 15.4. The van der Waals surface area contributed by atoms with E-state index in [-0.39, 0.29) is 49.9 Å². The predicted octanol–water partition coefficient (Wildman–Crippen LogP) is 8.50. The van der Waals surface area contributed by atoms with Gasteiger partial charge in [-0.15, -0.1) is 0 Å². The van der Waals surface area contributed by atoms with Crippen LogP contribution in [0.4, 0.5) is 13.6 Å². The van der Waals surface area contributed by atoms with Crippen LogP contribution in [0.1, 0.15) is 84.8 Å². The Kier molecular flexibility index (Phi) is 10.6. The number of pyridine rings is 1. The molecule has 1 fully saturated rings. The third kappa shape index (κ3) is 8.68. The first-order valence-corrected chi connectivity index (χ1v) is 17.4. The lowest BCUT2D eigenvalue weighted by atomic mass is 9.85. The standard InChI is InChI=1S/C41H44F2N4O4/c1-25-17-36-37(18-26(25)2)46-39(45-36)38-24-50-32(23-47(38)40(49)51-41(3,4)5)15-16-33-29(21-44-22-35(33)43)19-31(48)20-34(27-9-7-6-8-10-27)28-11-13-30(42)14-12-28/h6-14,17-18,21-22,32,34,38H,15-16,19-20,23-24H2,1-5H3,(H,45,46)/t32-,34-,38+/m1/s1. The van der Waals surface area contributed by atoms with Gasteiger partial charge in [-0.2, -0.15) is 0 Å². The molecule has 0 radical (unpaired) electrons. The van der Waals surface area contributed by atoms with Crippen LogP contribution in [0.25, 0.3) is 11.0 Å². The number of fused-ring (bicyclic) bond motifs is 1. The van der Waals surface area contributed by atoms with Crippen molar-refractivity contribution < 1.29 is 27.8 Å². The quantitative estimate of drug-likeness (QED) is 0.158. The van der Waals surface area contributed by atoms with Gasteiger partial charge in [0.1, 0.15) is 34.9 Å². The molecule has 1 aliphatic rings. The van der Waals surface area contributed by atoms with Crippen molar-refractivity contribution in [3.05, 3.63) is 130 Å². The smallest absolute Gasteiger partial charge is 0.411 e. The molecule has 6 rings (SSSR count). The zero-order valence-electron chi connectivity index (χ0n) is 29.7. The lowest BCUT2D eigenvalue weighted by molar-refractivity contribution is -0.118. The van der Waals surface area contributed by atoms with Crippen molar-refractivity contribution in [2.45, 2.75) is 84.0 Å². The number of imidazole rings is 1.